The highest BCUT2D eigenvalue weighted by molar-refractivity contribution is 5.65. The highest BCUT2D eigenvalue weighted by Crippen LogP contribution is 2.21. The van der Waals surface area contributed by atoms with Crippen molar-refractivity contribution in [1.29, 1.82) is 5.26 Å². The number of nitrogens with zero attached hydrogens (tertiary/aromatic N) is 3. The molecule has 0 spiro atoms. The van der Waals surface area contributed by atoms with E-state index in [9.17, 15) is 0 Å². The Morgan fingerprint density at radius 2 is 2.25 bits per heavy atom. The van der Waals surface area contributed by atoms with Gasteiger partial charge in [-0.2, -0.15) is 10.4 Å². The quantitative estimate of drug-likeness (QED) is 0.776. The molecule has 1 heterocycles. The number of anilines is 1. The maximum absolute atomic E-state index is 8.78. The molecule has 1 aromatic heterocycles. The van der Waals surface area contributed by atoms with Gasteiger partial charge in [0.2, 0.25) is 0 Å². The molecule has 4 heteroatoms. The molecule has 2 N–H and O–H groups in total. The van der Waals surface area contributed by atoms with E-state index in [1.807, 2.05) is 30.5 Å². The minimum atomic E-state index is -0.255. The first-order valence-electron chi connectivity index (χ1n) is 5.00. The summed E-state index contributed by atoms with van der Waals surface area (Å²) in [4.78, 5) is 0. The lowest BCUT2D eigenvalue weighted by Crippen LogP contribution is -2.01. The van der Waals surface area contributed by atoms with Crippen LogP contribution < -0.4 is 5.73 Å². The fraction of sp³-hybridized carbons (Fsp3) is 0.167. The maximum atomic E-state index is 8.78. The van der Waals surface area contributed by atoms with Crippen LogP contribution in [-0.4, -0.2) is 9.78 Å². The molecule has 0 bridgehead atoms. The molecule has 1 unspecified atom stereocenters. The van der Waals surface area contributed by atoms with E-state index < -0.39 is 0 Å². The Kier molecular flexibility index (Phi) is 2.61. The SMILES string of the molecule is CC(C#N)n1cc(-c2cccc(N)c2)cn1. The Balaban J connectivity index is 2.36. The molecule has 0 amide bonds. The Morgan fingerprint density at radius 1 is 1.44 bits per heavy atom. The lowest BCUT2D eigenvalue weighted by molar-refractivity contribution is 0.591. The molecule has 0 saturated carbocycles. The standard InChI is InChI=1S/C12H12N4/c1-9(6-13)16-8-11(7-15-16)10-3-2-4-12(14)5-10/h2-5,7-9H,14H2,1H3. The van der Waals surface area contributed by atoms with Crippen molar-refractivity contribution in [3.63, 3.8) is 0 Å². The summed E-state index contributed by atoms with van der Waals surface area (Å²) < 4.78 is 1.64. The largest absolute Gasteiger partial charge is 0.399 e. The summed E-state index contributed by atoms with van der Waals surface area (Å²) in [6.45, 7) is 1.80. The fourth-order valence-electron chi connectivity index (χ4n) is 1.48. The van der Waals surface area contributed by atoms with Crippen molar-refractivity contribution < 1.29 is 0 Å². The lowest BCUT2D eigenvalue weighted by Gasteiger charge is -2.01. The van der Waals surface area contributed by atoms with E-state index in [-0.39, 0.29) is 6.04 Å². The number of benzene rings is 1. The van der Waals surface area contributed by atoms with Crippen LogP contribution in [0.5, 0.6) is 0 Å². The third-order valence-corrected chi connectivity index (χ3v) is 2.41. The van der Waals surface area contributed by atoms with Crippen molar-refractivity contribution in [3.8, 4) is 17.2 Å². The van der Waals surface area contributed by atoms with Gasteiger partial charge in [-0.3, -0.25) is 4.68 Å². The first-order valence-corrected chi connectivity index (χ1v) is 5.00. The molecule has 1 aromatic carbocycles. The minimum absolute atomic E-state index is 0.255. The molecule has 80 valence electrons. The first-order chi connectivity index (χ1) is 7.70. The second-order valence-electron chi connectivity index (χ2n) is 3.64. The number of hydrogen-bond acceptors (Lipinski definition) is 3. The van der Waals surface area contributed by atoms with Crippen LogP contribution in [0.3, 0.4) is 0 Å². The zero-order chi connectivity index (χ0) is 11.5. The van der Waals surface area contributed by atoms with Gasteiger partial charge < -0.3 is 5.73 Å². The molecule has 0 aliphatic heterocycles. The van der Waals surface area contributed by atoms with Crippen LogP contribution in [0.4, 0.5) is 5.69 Å². The molecule has 0 radical (unpaired) electrons. The van der Waals surface area contributed by atoms with Crippen molar-refractivity contribution in [2.45, 2.75) is 13.0 Å². The number of nitriles is 1. The Bertz CT molecular complexity index is 536. The topological polar surface area (TPSA) is 67.6 Å². The van der Waals surface area contributed by atoms with E-state index in [0.717, 1.165) is 16.8 Å². The van der Waals surface area contributed by atoms with E-state index in [0.29, 0.717) is 0 Å². The summed E-state index contributed by atoms with van der Waals surface area (Å²) >= 11 is 0. The third kappa shape index (κ3) is 1.89. The average molecular weight is 212 g/mol. The Morgan fingerprint density at radius 3 is 2.94 bits per heavy atom. The molecule has 1 atom stereocenters. The van der Waals surface area contributed by atoms with Crippen molar-refractivity contribution >= 4 is 5.69 Å². The summed E-state index contributed by atoms with van der Waals surface area (Å²) in [6, 6.07) is 9.47. The summed E-state index contributed by atoms with van der Waals surface area (Å²) in [7, 11) is 0. The molecule has 0 saturated heterocycles. The normalized spacial score (nSPS) is 12.0. The zero-order valence-corrected chi connectivity index (χ0v) is 8.96. The Labute approximate surface area is 93.9 Å². The summed E-state index contributed by atoms with van der Waals surface area (Å²) in [6.07, 6.45) is 3.59. The van der Waals surface area contributed by atoms with Gasteiger partial charge in [-0.15, -0.1) is 0 Å². The second kappa shape index (κ2) is 4.07. The lowest BCUT2D eigenvalue weighted by atomic mass is 10.1. The molecular weight excluding hydrogens is 200 g/mol. The van der Waals surface area contributed by atoms with E-state index in [1.165, 1.54) is 0 Å². The van der Waals surface area contributed by atoms with Crippen LogP contribution in [-0.2, 0) is 0 Å². The van der Waals surface area contributed by atoms with Gasteiger partial charge >= 0.3 is 0 Å². The van der Waals surface area contributed by atoms with E-state index in [4.69, 9.17) is 11.0 Å². The zero-order valence-electron chi connectivity index (χ0n) is 8.96. The van der Waals surface area contributed by atoms with Crippen LogP contribution in [0.1, 0.15) is 13.0 Å². The van der Waals surface area contributed by atoms with Crippen molar-refractivity contribution in [2.24, 2.45) is 0 Å². The average Bonchev–Trinajstić information content (AvgIpc) is 2.77. The molecule has 16 heavy (non-hydrogen) atoms. The molecule has 2 rings (SSSR count). The van der Waals surface area contributed by atoms with Gasteiger partial charge in [-0.05, 0) is 24.6 Å². The van der Waals surface area contributed by atoms with Gasteiger partial charge in [-0.1, -0.05) is 12.1 Å². The number of nitrogens with two attached hydrogens (primary N) is 1. The number of hydrogen-bond donors (Lipinski definition) is 1. The minimum Gasteiger partial charge on any atom is -0.399 e. The predicted octanol–water partition coefficient (Wildman–Crippen LogP) is 2.22. The highest BCUT2D eigenvalue weighted by atomic mass is 15.3. The van der Waals surface area contributed by atoms with Gasteiger partial charge in [-0.25, -0.2) is 0 Å². The fourth-order valence-corrected chi connectivity index (χ4v) is 1.48. The number of rotatable bonds is 2. The predicted molar refractivity (Wildman–Crippen MR) is 62.4 cm³/mol. The van der Waals surface area contributed by atoms with Crippen molar-refractivity contribution in [3.05, 3.63) is 36.7 Å². The molecule has 0 aliphatic carbocycles. The van der Waals surface area contributed by atoms with Gasteiger partial charge in [0.15, 0.2) is 0 Å². The monoisotopic (exact) mass is 212 g/mol. The van der Waals surface area contributed by atoms with Gasteiger partial charge in [0, 0.05) is 17.4 Å². The van der Waals surface area contributed by atoms with Crippen LogP contribution in [0.2, 0.25) is 0 Å². The second-order valence-corrected chi connectivity index (χ2v) is 3.64. The summed E-state index contributed by atoms with van der Waals surface area (Å²) in [5.41, 5.74) is 8.41. The highest BCUT2D eigenvalue weighted by Gasteiger charge is 2.06. The molecule has 4 nitrogen and oxygen atoms in total. The van der Waals surface area contributed by atoms with Crippen LogP contribution in [0.15, 0.2) is 36.7 Å². The molecular formula is C12H12N4. The van der Waals surface area contributed by atoms with E-state index in [2.05, 4.69) is 11.2 Å². The van der Waals surface area contributed by atoms with Crippen LogP contribution in [0.25, 0.3) is 11.1 Å². The molecule has 2 aromatic rings. The number of aromatic nitrogens is 2. The smallest absolute Gasteiger partial charge is 0.135 e. The Hall–Kier alpha value is -2.28. The summed E-state index contributed by atoms with van der Waals surface area (Å²) in [5.74, 6) is 0. The maximum Gasteiger partial charge on any atom is 0.135 e. The van der Waals surface area contributed by atoms with Gasteiger partial charge in [0.1, 0.15) is 6.04 Å². The van der Waals surface area contributed by atoms with E-state index in [1.54, 1.807) is 17.8 Å². The van der Waals surface area contributed by atoms with Crippen LogP contribution in [0, 0.1) is 11.3 Å². The number of nitrogen functional groups attached to an aromatic ring is 1. The first kappa shape index (κ1) is 10.2. The third-order valence-electron chi connectivity index (χ3n) is 2.41. The molecule has 0 fully saturated rings. The summed E-state index contributed by atoms with van der Waals surface area (Å²) in [5, 5.41) is 12.9. The van der Waals surface area contributed by atoms with Crippen molar-refractivity contribution in [2.75, 3.05) is 5.73 Å². The van der Waals surface area contributed by atoms with Crippen molar-refractivity contribution in [1.82, 2.24) is 9.78 Å². The van der Waals surface area contributed by atoms with Gasteiger partial charge in [0.25, 0.3) is 0 Å². The van der Waals surface area contributed by atoms with E-state index >= 15 is 0 Å². The van der Waals surface area contributed by atoms with Crippen LogP contribution >= 0.6 is 0 Å². The molecule has 0 aliphatic rings. The van der Waals surface area contributed by atoms with Gasteiger partial charge in [0.05, 0.1) is 12.3 Å².